The van der Waals surface area contributed by atoms with Gasteiger partial charge in [0, 0.05) is 54.6 Å². The second-order valence-corrected chi connectivity index (χ2v) is 9.49. The van der Waals surface area contributed by atoms with Gasteiger partial charge in [-0.25, -0.2) is 0 Å². The number of nitrogens with one attached hydrogen (secondary N) is 2. The fourth-order valence-electron chi connectivity index (χ4n) is 4.37. The van der Waals surface area contributed by atoms with Crippen molar-refractivity contribution in [3.63, 3.8) is 0 Å². The third-order valence-corrected chi connectivity index (χ3v) is 6.50. The van der Waals surface area contributed by atoms with E-state index in [1.807, 2.05) is 19.0 Å². The van der Waals surface area contributed by atoms with Gasteiger partial charge in [-0.15, -0.1) is 0 Å². The van der Waals surface area contributed by atoms with Crippen molar-refractivity contribution in [1.29, 1.82) is 0 Å². The summed E-state index contributed by atoms with van der Waals surface area (Å²) < 4.78 is 11.0. The SMILES string of the molecule is CN(C)CCN(C)C(=O)c1ccc(NC(=C2C(=O)Nc3cc([N+](=O)[O-])ccc32)c2ccc3c(c2)OCO3)cc1. The van der Waals surface area contributed by atoms with Crippen LogP contribution in [-0.2, 0) is 4.79 Å². The number of nitro benzene ring substituents is 1. The Kier molecular flexibility index (Phi) is 6.90. The molecule has 5 rings (SSSR count). The molecule has 11 heteroatoms. The molecule has 0 saturated carbocycles. The lowest BCUT2D eigenvalue weighted by Gasteiger charge is -2.20. The van der Waals surface area contributed by atoms with Gasteiger partial charge in [0.05, 0.1) is 21.9 Å². The molecule has 0 unspecified atom stereocenters. The van der Waals surface area contributed by atoms with Gasteiger partial charge < -0.3 is 29.9 Å². The van der Waals surface area contributed by atoms with E-state index >= 15 is 0 Å². The quantitative estimate of drug-likeness (QED) is 0.256. The monoisotopic (exact) mass is 529 g/mol. The second kappa shape index (κ2) is 10.5. The minimum Gasteiger partial charge on any atom is -0.454 e. The topological polar surface area (TPSA) is 126 Å². The first-order valence-electron chi connectivity index (χ1n) is 12.2. The van der Waals surface area contributed by atoms with E-state index in [0.717, 1.165) is 6.54 Å². The average molecular weight is 530 g/mol. The molecule has 0 aromatic heterocycles. The van der Waals surface area contributed by atoms with E-state index in [4.69, 9.17) is 9.47 Å². The molecule has 0 fully saturated rings. The lowest BCUT2D eigenvalue weighted by atomic mass is 9.99. The lowest BCUT2D eigenvalue weighted by Crippen LogP contribution is -2.33. The number of nitrogens with zero attached hydrogens (tertiary/aromatic N) is 3. The number of carbonyl (C=O) groups excluding carboxylic acids is 2. The summed E-state index contributed by atoms with van der Waals surface area (Å²) in [5.41, 5.74) is 3.39. The zero-order valence-corrected chi connectivity index (χ0v) is 21.7. The zero-order valence-electron chi connectivity index (χ0n) is 21.7. The van der Waals surface area contributed by atoms with Crippen molar-refractivity contribution in [2.45, 2.75) is 0 Å². The highest BCUT2D eigenvalue weighted by atomic mass is 16.7. The van der Waals surface area contributed by atoms with Gasteiger partial charge in [0.25, 0.3) is 17.5 Å². The van der Waals surface area contributed by atoms with Crippen LogP contribution in [-0.4, -0.2) is 67.6 Å². The summed E-state index contributed by atoms with van der Waals surface area (Å²) in [5.74, 6) is 0.635. The van der Waals surface area contributed by atoms with E-state index < -0.39 is 10.8 Å². The molecule has 0 atom stereocenters. The van der Waals surface area contributed by atoms with Crippen molar-refractivity contribution in [3.05, 3.63) is 87.5 Å². The van der Waals surface area contributed by atoms with E-state index in [9.17, 15) is 19.7 Å². The van der Waals surface area contributed by atoms with Crippen molar-refractivity contribution in [1.82, 2.24) is 9.80 Å². The van der Waals surface area contributed by atoms with E-state index in [-0.39, 0.29) is 18.4 Å². The molecule has 200 valence electrons. The van der Waals surface area contributed by atoms with Crippen LogP contribution in [0.1, 0.15) is 21.5 Å². The fourth-order valence-corrected chi connectivity index (χ4v) is 4.37. The molecule has 2 aliphatic rings. The smallest absolute Gasteiger partial charge is 0.271 e. The van der Waals surface area contributed by atoms with Crippen LogP contribution in [0.2, 0.25) is 0 Å². The maximum absolute atomic E-state index is 13.2. The highest BCUT2D eigenvalue weighted by molar-refractivity contribution is 6.37. The molecule has 2 aliphatic heterocycles. The summed E-state index contributed by atoms with van der Waals surface area (Å²) in [6.07, 6.45) is 0. The van der Waals surface area contributed by atoms with Crippen molar-refractivity contribution >= 4 is 40.1 Å². The first-order chi connectivity index (χ1) is 18.7. The summed E-state index contributed by atoms with van der Waals surface area (Å²) in [5, 5.41) is 17.3. The van der Waals surface area contributed by atoms with Crippen molar-refractivity contribution < 1.29 is 24.0 Å². The number of carbonyl (C=O) groups is 2. The van der Waals surface area contributed by atoms with Crippen LogP contribution < -0.4 is 20.1 Å². The molecule has 0 bridgehead atoms. The third-order valence-electron chi connectivity index (χ3n) is 6.50. The van der Waals surface area contributed by atoms with Crippen molar-refractivity contribution in [2.75, 3.05) is 51.7 Å². The number of hydrogen-bond donors (Lipinski definition) is 2. The Morgan fingerprint density at radius 2 is 1.69 bits per heavy atom. The van der Waals surface area contributed by atoms with Crippen molar-refractivity contribution in [2.24, 2.45) is 0 Å². The summed E-state index contributed by atoms with van der Waals surface area (Å²) in [7, 11) is 5.67. The Hall–Kier alpha value is -4.90. The number of anilines is 2. The fraction of sp³-hybridized carbons (Fsp3) is 0.214. The zero-order chi connectivity index (χ0) is 27.7. The van der Waals surface area contributed by atoms with Crippen LogP contribution >= 0.6 is 0 Å². The summed E-state index contributed by atoms with van der Waals surface area (Å²) >= 11 is 0. The normalized spacial score (nSPS) is 14.6. The Morgan fingerprint density at radius 3 is 2.41 bits per heavy atom. The Bertz CT molecular complexity index is 1500. The van der Waals surface area contributed by atoms with Gasteiger partial charge in [-0.1, -0.05) is 0 Å². The second-order valence-electron chi connectivity index (χ2n) is 9.49. The molecule has 0 saturated heterocycles. The molecule has 2 N–H and O–H groups in total. The van der Waals surface area contributed by atoms with Crippen LogP contribution in [0, 0.1) is 10.1 Å². The highest BCUT2D eigenvalue weighted by Gasteiger charge is 2.30. The van der Waals surface area contributed by atoms with Crippen LogP contribution in [0.4, 0.5) is 17.1 Å². The Morgan fingerprint density at radius 1 is 0.974 bits per heavy atom. The predicted molar refractivity (Wildman–Crippen MR) is 147 cm³/mol. The molecular weight excluding hydrogens is 502 g/mol. The average Bonchev–Trinajstić information content (AvgIpc) is 3.52. The highest BCUT2D eigenvalue weighted by Crippen LogP contribution is 2.41. The minimum atomic E-state index is -0.508. The molecule has 0 aliphatic carbocycles. The van der Waals surface area contributed by atoms with Crippen molar-refractivity contribution in [3.8, 4) is 11.5 Å². The van der Waals surface area contributed by atoms with Gasteiger partial charge in [-0.05, 0) is 62.6 Å². The maximum atomic E-state index is 13.2. The molecule has 11 nitrogen and oxygen atoms in total. The molecule has 39 heavy (non-hydrogen) atoms. The van der Waals surface area contributed by atoms with Gasteiger partial charge in [0.1, 0.15) is 0 Å². The minimum absolute atomic E-state index is 0.0940. The summed E-state index contributed by atoms with van der Waals surface area (Å²) in [6.45, 7) is 1.45. The van der Waals surface area contributed by atoms with Gasteiger partial charge >= 0.3 is 0 Å². The lowest BCUT2D eigenvalue weighted by molar-refractivity contribution is -0.384. The number of hydrogen-bond acceptors (Lipinski definition) is 8. The molecule has 0 spiro atoms. The molecule has 3 aromatic rings. The molecule has 0 radical (unpaired) electrons. The Balaban J connectivity index is 1.51. The van der Waals surface area contributed by atoms with Gasteiger partial charge in [-0.2, -0.15) is 0 Å². The van der Waals surface area contributed by atoms with Gasteiger partial charge in [0.2, 0.25) is 6.79 Å². The largest absolute Gasteiger partial charge is 0.454 e. The number of benzene rings is 3. The standard InChI is InChI=1S/C28H27N5O6/c1-31(2)12-13-32(3)28(35)17-4-7-19(8-5-17)29-26(18-6-11-23-24(14-18)39-16-38-23)25-21-10-9-20(33(36)37)15-22(21)30-27(25)34/h4-11,14-15,29H,12-13,16H2,1-3H3,(H,30,34). The third kappa shape index (κ3) is 5.25. The number of nitro groups is 1. The number of likely N-dealkylation sites (N-methyl/N-ethyl adjacent to an activating group) is 2. The summed E-state index contributed by atoms with van der Waals surface area (Å²) in [4.78, 5) is 40.5. The number of non-ortho nitro benzene ring substituents is 1. The van der Waals surface area contributed by atoms with Crippen LogP contribution in [0.5, 0.6) is 11.5 Å². The van der Waals surface area contributed by atoms with Gasteiger partial charge in [0.15, 0.2) is 11.5 Å². The van der Waals surface area contributed by atoms with Crippen LogP contribution in [0.3, 0.4) is 0 Å². The predicted octanol–water partition coefficient (Wildman–Crippen LogP) is 3.89. The van der Waals surface area contributed by atoms with Crippen LogP contribution in [0.15, 0.2) is 60.7 Å². The molecular formula is C28H27N5O6. The van der Waals surface area contributed by atoms with Crippen LogP contribution in [0.25, 0.3) is 11.3 Å². The Labute approximate surface area is 224 Å². The van der Waals surface area contributed by atoms with Gasteiger partial charge in [-0.3, -0.25) is 19.7 Å². The molecule has 2 heterocycles. The maximum Gasteiger partial charge on any atom is 0.271 e. The number of rotatable bonds is 8. The summed E-state index contributed by atoms with van der Waals surface area (Å²) in [6, 6.07) is 16.6. The molecule has 3 aromatic carbocycles. The van der Waals surface area contributed by atoms with E-state index in [0.29, 0.717) is 57.4 Å². The van der Waals surface area contributed by atoms with E-state index in [1.54, 1.807) is 60.5 Å². The first-order valence-corrected chi connectivity index (χ1v) is 12.2. The number of fused-ring (bicyclic) bond motifs is 2. The number of amides is 2. The first kappa shape index (κ1) is 25.7. The molecule has 2 amide bonds. The van der Waals surface area contributed by atoms with E-state index in [2.05, 4.69) is 10.6 Å². The van der Waals surface area contributed by atoms with E-state index in [1.165, 1.54) is 12.1 Å². The number of ether oxygens (including phenoxy) is 2.